The van der Waals surface area contributed by atoms with Gasteiger partial charge >= 0.3 is 0 Å². The van der Waals surface area contributed by atoms with Crippen LogP contribution in [0.15, 0.2) is 61.7 Å². The first kappa shape index (κ1) is 16.8. The molecule has 0 unspecified atom stereocenters. The maximum Gasteiger partial charge on any atom is -0.0149 e. The van der Waals surface area contributed by atoms with E-state index in [0.29, 0.717) is 0 Å². The summed E-state index contributed by atoms with van der Waals surface area (Å²) >= 11 is 0. The molecule has 0 heteroatoms. The molecule has 1 aliphatic carbocycles. The molecule has 2 aromatic carbocycles. The van der Waals surface area contributed by atoms with Crippen molar-refractivity contribution in [1.82, 2.24) is 0 Å². The summed E-state index contributed by atoms with van der Waals surface area (Å²) in [5.41, 5.74) is 8.86. The molecule has 0 aromatic heterocycles. The fourth-order valence-electron chi connectivity index (χ4n) is 3.70. The molecule has 0 saturated carbocycles. The number of aryl methyl sites for hydroxylation is 4. The number of hydrogen-bond acceptors (Lipinski definition) is 0. The van der Waals surface area contributed by atoms with Gasteiger partial charge in [-0.25, -0.2) is 0 Å². The highest BCUT2D eigenvalue weighted by Gasteiger charge is 2.16. The minimum Gasteiger partial charge on any atom is -0.103 e. The van der Waals surface area contributed by atoms with E-state index in [9.17, 15) is 0 Å². The Kier molecular flexibility index (Phi) is 5.69. The van der Waals surface area contributed by atoms with E-state index in [-0.39, 0.29) is 0 Å². The highest BCUT2D eigenvalue weighted by Crippen LogP contribution is 2.35. The number of allylic oxidation sites excluding steroid dienone is 2. The predicted octanol–water partition coefficient (Wildman–Crippen LogP) is 6.47. The molecule has 3 rings (SSSR count). The van der Waals surface area contributed by atoms with Gasteiger partial charge in [0.1, 0.15) is 0 Å². The van der Waals surface area contributed by atoms with Crippen LogP contribution in [0.2, 0.25) is 0 Å². The van der Waals surface area contributed by atoms with Gasteiger partial charge in [0.05, 0.1) is 0 Å². The quantitative estimate of drug-likeness (QED) is 0.387. The van der Waals surface area contributed by atoms with Crippen LogP contribution >= 0.6 is 0 Å². The molecule has 0 aliphatic heterocycles. The van der Waals surface area contributed by atoms with Crippen molar-refractivity contribution in [2.45, 2.75) is 51.4 Å². The topological polar surface area (TPSA) is 0 Å². The van der Waals surface area contributed by atoms with Gasteiger partial charge in [0.15, 0.2) is 0 Å². The summed E-state index contributed by atoms with van der Waals surface area (Å²) in [6, 6.07) is 14.1. The summed E-state index contributed by atoms with van der Waals surface area (Å²) in [6.45, 7) is 7.63. The number of fused-ring (bicyclic) bond motifs is 3. The van der Waals surface area contributed by atoms with E-state index >= 15 is 0 Å². The van der Waals surface area contributed by atoms with Gasteiger partial charge in [0.25, 0.3) is 0 Å². The third-order valence-corrected chi connectivity index (χ3v) is 5.05. The van der Waals surface area contributed by atoms with Crippen molar-refractivity contribution < 1.29 is 0 Å². The average Bonchev–Trinajstić information content (AvgIpc) is 2.63. The largest absolute Gasteiger partial charge is 0.103 e. The zero-order valence-electron chi connectivity index (χ0n) is 14.7. The van der Waals surface area contributed by atoms with Crippen LogP contribution < -0.4 is 0 Å². The van der Waals surface area contributed by atoms with Crippen LogP contribution in [-0.2, 0) is 25.7 Å². The molecular formula is C24H28. The fourth-order valence-corrected chi connectivity index (χ4v) is 3.70. The molecule has 0 fully saturated rings. The number of benzene rings is 2. The van der Waals surface area contributed by atoms with Crippen LogP contribution in [0, 0.1) is 0 Å². The summed E-state index contributed by atoms with van der Waals surface area (Å²) in [6.07, 6.45) is 13.4. The second-order valence-electron chi connectivity index (χ2n) is 6.84. The molecule has 0 nitrogen and oxygen atoms in total. The molecule has 1 aliphatic rings. The van der Waals surface area contributed by atoms with Gasteiger partial charge in [-0.05, 0) is 84.7 Å². The molecule has 0 saturated heterocycles. The Hall–Kier alpha value is -2.08. The van der Waals surface area contributed by atoms with Gasteiger partial charge in [-0.2, -0.15) is 0 Å². The first-order valence-electron chi connectivity index (χ1n) is 9.27. The standard InChI is InChI=1S/C24H28/c1-3-5-7-8-10-20-12-16-24-22(18-20)14-13-21-17-19(9-6-4-2)11-15-23(21)24/h3-4,11-12,15-18H,1-2,5-10,13-14H2. The summed E-state index contributed by atoms with van der Waals surface area (Å²) in [5, 5.41) is 0. The van der Waals surface area contributed by atoms with E-state index in [1.165, 1.54) is 65.5 Å². The Labute approximate surface area is 146 Å². The maximum absolute atomic E-state index is 3.83. The van der Waals surface area contributed by atoms with E-state index < -0.39 is 0 Å². The molecule has 124 valence electrons. The minimum atomic E-state index is 1.06. The van der Waals surface area contributed by atoms with Crippen LogP contribution in [0.4, 0.5) is 0 Å². The minimum absolute atomic E-state index is 1.06. The Balaban J connectivity index is 1.76. The van der Waals surface area contributed by atoms with Crippen LogP contribution in [-0.4, -0.2) is 0 Å². The maximum atomic E-state index is 3.83. The average molecular weight is 316 g/mol. The molecule has 2 aromatic rings. The van der Waals surface area contributed by atoms with Crippen LogP contribution in [0.5, 0.6) is 0 Å². The number of unbranched alkanes of at least 4 members (excludes halogenated alkanes) is 2. The molecule has 0 heterocycles. The van der Waals surface area contributed by atoms with E-state index in [0.717, 1.165) is 19.3 Å². The Morgan fingerprint density at radius 3 is 1.88 bits per heavy atom. The van der Waals surface area contributed by atoms with Crippen molar-refractivity contribution in [3.05, 3.63) is 84.0 Å². The summed E-state index contributed by atoms with van der Waals surface area (Å²) in [5.74, 6) is 0. The van der Waals surface area contributed by atoms with Gasteiger partial charge in [-0.3, -0.25) is 0 Å². The van der Waals surface area contributed by atoms with E-state index in [1.807, 2.05) is 12.2 Å². The molecule has 0 atom stereocenters. The van der Waals surface area contributed by atoms with Gasteiger partial charge < -0.3 is 0 Å². The van der Waals surface area contributed by atoms with Crippen molar-refractivity contribution in [3.8, 4) is 11.1 Å². The number of hydrogen-bond donors (Lipinski definition) is 0. The zero-order chi connectivity index (χ0) is 16.8. The van der Waals surface area contributed by atoms with Crippen molar-refractivity contribution in [1.29, 1.82) is 0 Å². The first-order valence-corrected chi connectivity index (χ1v) is 9.27. The van der Waals surface area contributed by atoms with Crippen molar-refractivity contribution in [2.75, 3.05) is 0 Å². The zero-order valence-corrected chi connectivity index (χ0v) is 14.7. The molecule has 0 spiro atoms. The molecule has 0 bridgehead atoms. The van der Waals surface area contributed by atoms with Crippen LogP contribution in [0.25, 0.3) is 11.1 Å². The van der Waals surface area contributed by atoms with E-state index in [2.05, 4.69) is 49.6 Å². The van der Waals surface area contributed by atoms with Crippen molar-refractivity contribution in [2.24, 2.45) is 0 Å². The van der Waals surface area contributed by atoms with E-state index in [1.54, 1.807) is 0 Å². The Morgan fingerprint density at radius 1 is 0.708 bits per heavy atom. The molecule has 0 radical (unpaired) electrons. The molecule has 24 heavy (non-hydrogen) atoms. The highest BCUT2D eigenvalue weighted by atomic mass is 14.2. The lowest BCUT2D eigenvalue weighted by atomic mass is 9.83. The second-order valence-corrected chi connectivity index (χ2v) is 6.84. The van der Waals surface area contributed by atoms with Crippen LogP contribution in [0.1, 0.15) is 47.9 Å². The first-order chi connectivity index (χ1) is 11.8. The predicted molar refractivity (Wildman–Crippen MR) is 106 cm³/mol. The molecule has 0 N–H and O–H groups in total. The van der Waals surface area contributed by atoms with Gasteiger partial charge in [-0.15, -0.1) is 13.2 Å². The highest BCUT2D eigenvalue weighted by molar-refractivity contribution is 5.73. The monoisotopic (exact) mass is 316 g/mol. The Morgan fingerprint density at radius 2 is 1.29 bits per heavy atom. The van der Waals surface area contributed by atoms with Crippen molar-refractivity contribution in [3.63, 3.8) is 0 Å². The van der Waals surface area contributed by atoms with Crippen molar-refractivity contribution >= 4 is 0 Å². The molecular weight excluding hydrogens is 288 g/mol. The summed E-state index contributed by atoms with van der Waals surface area (Å²) < 4.78 is 0. The smallest absolute Gasteiger partial charge is 0.0149 e. The third-order valence-electron chi connectivity index (χ3n) is 5.05. The third kappa shape index (κ3) is 3.87. The van der Waals surface area contributed by atoms with Gasteiger partial charge in [0.2, 0.25) is 0 Å². The lowest BCUT2D eigenvalue weighted by molar-refractivity contribution is 0.747. The SMILES string of the molecule is C=CCCCCc1ccc2c(c1)CCc1cc(CCC=C)ccc1-2. The molecule has 0 amide bonds. The van der Waals surface area contributed by atoms with Gasteiger partial charge in [-0.1, -0.05) is 48.6 Å². The fraction of sp³-hybridized carbons (Fsp3) is 0.333. The summed E-state index contributed by atoms with van der Waals surface area (Å²) in [7, 11) is 0. The van der Waals surface area contributed by atoms with Gasteiger partial charge in [0, 0.05) is 0 Å². The normalized spacial score (nSPS) is 12.3. The summed E-state index contributed by atoms with van der Waals surface area (Å²) in [4.78, 5) is 0. The lowest BCUT2D eigenvalue weighted by Gasteiger charge is -2.21. The lowest BCUT2D eigenvalue weighted by Crippen LogP contribution is -2.05. The van der Waals surface area contributed by atoms with Crippen LogP contribution in [0.3, 0.4) is 0 Å². The van der Waals surface area contributed by atoms with E-state index in [4.69, 9.17) is 0 Å². The Bertz CT molecular complexity index is 721. The second kappa shape index (κ2) is 8.15. The number of rotatable bonds is 8.